The van der Waals surface area contributed by atoms with Crippen molar-refractivity contribution in [3.8, 4) is 16.8 Å². The first-order chi connectivity index (χ1) is 9.63. The van der Waals surface area contributed by atoms with Crippen molar-refractivity contribution >= 4 is 0 Å². The van der Waals surface area contributed by atoms with Gasteiger partial charge in [-0.2, -0.15) is 5.10 Å². The van der Waals surface area contributed by atoms with Gasteiger partial charge in [-0.05, 0) is 24.6 Å². The number of aromatic nitrogens is 2. The second kappa shape index (κ2) is 4.89. The first kappa shape index (κ1) is 12.5. The summed E-state index contributed by atoms with van der Waals surface area (Å²) in [5, 5.41) is 4.14. The standard InChI is InChI=1S/C16H12F2N2/c1-11-3-2-4-12(7-11)13-9-19-20(10-13)16-6-5-14(17)8-15(16)18/h2-10H,1H3. The van der Waals surface area contributed by atoms with Crippen LogP contribution in [0.25, 0.3) is 16.8 Å². The lowest BCUT2D eigenvalue weighted by molar-refractivity contribution is 0.573. The van der Waals surface area contributed by atoms with Crippen LogP contribution in [0.1, 0.15) is 5.56 Å². The zero-order chi connectivity index (χ0) is 14.1. The quantitative estimate of drug-likeness (QED) is 0.684. The lowest BCUT2D eigenvalue weighted by Crippen LogP contribution is -1.98. The van der Waals surface area contributed by atoms with E-state index in [1.807, 2.05) is 31.2 Å². The van der Waals surface area contributed by atoms with Crippen LogP contribution in [-0.4, -0.2) is 9.78 Å². The van der Waals surface area contributed by atoms with E-state index in [4.69, 9.17) is 0 Å². The highest BCUT2D eigenvalue weighted by molar-refractivity contribution is 5.63. The van der Waals surface area contributed by atoms with Crippen molar-refractivity contribution in [3.63, 3.8) is 0 Å². The molecule has 0 fully saturated rings. The van der Waals surface area contributed by atoms with Crippen molar-refractivity contribution in [1.29, 1.82) is 0 Å². The zero-order valence-electron chi connectivity index (χ0n) is 10.8. The van der Waals surface area contributed by atoms with Crippen LogP contribution >= 0.6 is 0 Å². The molecule has 1 aromatic heterocycles. The van der Waals surface area contributed by atoms with E-state index in [0.29, 0.717) is 0 Å². The topological polar surface area (TPSA) is 17.8 Å². The van der Waals surface area contributed by atoms with Crippen LogP contribution in [0.5, 0.6) is 0 Å². The Kier molecular flexibility index (Phi) is 3.06. The highest BCUT2D eigenvalue weighted by Crippen LogP contribution is 2.22. The van der Waals surface area contributed by atoms with E-state index < -0.39 is 11.6 Å². The average Bonchev–Trinajstić information content (AvgIpc) is 2.88. The van der Waals surface area contributed by atoms with E-state index in [1.54, 1.807) is 12.4 Å². The van der Waals surface area contributed by atoms with Gasteiger partial charge in [-0.3, -0.25) is 0 Å². The number of hydrogen-bond donors (Lipinski definition) is 0. The lowest BCUT2D eigenvalue weighted by Gasteiger charge is -2.02. The van der Waals surface area contributed by atoms with Gasteiger partial charge in [0.05, 0.1) is 6.20 Å². The van der Waals surface area contributed by atoms with Crippen LogP contribution < -0.4 is 0 Å². The SMILES string of the molecule is Cc1cccc(-c2cnn(-c3ccc(F)cc3F)c2)c1. The fourth-order valence-electron chi connectivity index (χ4n) is 2.10. The molecular weight excluding hydrogens is 258 g/mol. The van der Waals surface area contributed by atoms with Crippen LogP contribution in [0.15, 0.2) is 54.9 Å². The maximum absolute atomic E-state index is 13.7. The van der Waals surface area contributed by atoms with Crippen molar-refractivity contribution < 1.29 is 8.78 Å². The molecule has 1 heterocycles. The molecule has 0 atom stereocenters. The Hall–Kier alpha value is -2.49. The first-order valence-electron chi connectivity index (χ1n) is 6.20. The Morgan fingerprint density at radius 1 is 1.00 bits per heavy atom. The number of aryl methyl sites for hydroxylation is 1. The normalized spacial score (nSPS) is 10.8. The molecule has 0 radical (unpaired) electrons. The van der Waals surface area contributed by atoms with Crippen LogP contribution in [0, 0.1) is 18.6 Å². The number of benzene rings is 2. The first-order valence-corrected chi connectivity index (χ1v) is 6.20. The summed E-state index contributed by atoms with van der Waals surface area (Å²) in [6.45, 7) is 2.01. The number of hydrogen-bond acceptors (Lipinski definition) is 1. The van der Waals surface area contributed by atoms with Gasteiger partial charge in [-0.25, -0.2) is 13.5 Å². The number of halogens is 2. The van der Waals surface area contributed by atoms with E-state index in [1.165, 1.54) is 16.8 Å². The molecule has 0 aliphatic rings. The van der Waals surface area contributed by atoms with Crippen LogP contribution in [0.3, 0.4) is 0 Å². The second-order valence-corrected chi connectivity index (χ2v) is 4.64. The summed E-state index contributed by atoms with van der Waals surface area (Å²) in [6.07, 6.45) is 3.39. The largest absolute Gasteiger partial charge is 0.237 e. The Balaban J connectivity index is 2.02. The third kappa shape index (κ3) is 2.32. The molecule has 0 saturated carbocycles. The summed E-state index contributed by atoms with van der Waals surface area (Å²) in [7, 11) is 0. The van der Waals surface area contributed by atoms with Crippen LogP contribution in [-0.2, 0) is 0 Å². The van der Waals surface area contributed by atoms with Gasteiger partial charge >= 0.3 is 0 Å². The third-order valence-corrected chi connectivity index (χ3v) is 3.09. The van der Waals surface area contributed by atoms with Gasteiger partial charge in [0.1, 0.15) is 11.5 Å². The molecule has 0 N–H and O–H groups in total. The minimum atomic E-state index is -0.635. The molecule has 3 aromatic rings. The molecule has 0 saturated heterocycles. The summed E-state index contributed by atoms with van der Waals surface area (Å²) in [4.78, 5) is 0. The van der Waals surface area contributed by atoms with Crippen molar-refractivity contribution in [3.05, 3.63) is 72.1 Å². The van der Waals surface area contributed by atoms with E-state index >= 15 is 0 Å². The van der Waals surface area contributed by atoms with Crippen LogP contribution in [0.4, 0.5) is 8.78 Å². The molecule has 2 nitrogen and oxygen atoms in total. The predicted octanol–water partition coefficient (Wildman–Crippen LogP) is 4.13. The minimum Gasteiger partial charge on any atom is -0.237 e. The summed E-state index contributed by atoms with van der Waals surface area (Å²) >= 11 is 0. The third-order valence-electron chi connectivity index (χ3n) is 3.09. The molecule has 3 rings (SSSR count). The molecule has 0 unspecified atom stereocenters. The second-order valence-electron chi connectivity index (χ2n) is 4.64. The van der Waals surface area contributed by atoms with E-state index in [-0.39, 0.29) is 5.69 Å². The molecule has 2 aromatic carbocycles. The molecule has 0 spiro atoms. The molecule has 20 heavy (non-hydrogen) atoms. The molecule has 0 bridgehead atoms. The summed E-state index contributed by atoms with van der Waals surface area (Å²) in [5.41, 5.74) is 3.27. The highest BCUT2D eigenvalue weighted by atomic mass is 19.1. The van der Waals surface area contributed by atoms with Gasteiger partial charge in [-0.1, -0.05) is 29.8 Å². The fourth-order valence-corrected chi connectivity index (χ4v) is 2.10. The summed E-state index contributed by atoms with van der Waals surface area (Å²) in [6, 6.07) is 11.4. The van der Waals surface area contributed by atoms with Crippen molar-refractivity contribution in [2.45, 2.75) is 6.92 Å². The molecule has 100 valence electrons. The Labute approximate surface area is 115 Å². The maximum atomic E-state index is 13.7. The number of nitrogens with zero attached hydrogens (tertiary/aromatic N) is 2. The van der Waals surface area contributed by atoms with Gasteiger partial charge in [0, 0.05) is 17.8 Å². The average molecular weight is 270 g/mol. The van der Waals surface area contributed by atoms with Crippen molar-refractivity contribution in [2.24, 2.45) is 0 Å². The maximum Gasteiger partial charge on any atom is 0.151 e. The number of rotatable bonds is 2. The molecule has 4 heteroatoms. The lowest BCUT2D eigenvalue weighted by atomic mass is 10.1. The summed E-state index contributed by atoms with van der Waals surface area (Å²) in [5.74, 6) is -1.23. The van der Waals surface area contributed by atoms with E-state index in [0.717, 1.165) is 22.8 Å². The molecule has 0 amide bonds. The van der Waals surface area contributed by atoms with Crippen molar-refractivity contribution in [2.75, 3.05) is 0 Å². The molecule has 0 aliphatic heterocycles. The van der Waals surface area contributed by atoms with Crippen molar-refractivity contribution in [1.82, 2.24) is 9.78 Å². The minimum absolute atomic E-state index is 0.227. The smallest absolute Gasteiger partial charge is 0.151 e. The Bertz CT molecular complexity index is 763. The highest BCUT2D eigenvalue weighted by Gasteiger charge is 2.08. The predicted molar refractivity (Wildman–Crippen MR) is 73.7 cm³/mol. The molecule has 0 aliphatic carbocycles. The molecular formula is C16H12F2N2. The fraction of sp³-hybridized carbons (Fsp3) is 0.0625. The van der Waals surface area contributed by atoms with Gasteiger partial charge in [0.2, 0.25) is 0 Å². The van der Waals surface area contributed by atoms with E-state index in [9.17, 15) is 8.78 Å². The van der Waals surface area contributed by atoms with Gasteiger partial charge in [-0.15, -0.1) is 0 Å². The Morgan fingerprint density at radius 2 is 1.85 bits per heavy atom. The monoisotopic (exact) mass is 270 g/mol. The van der Waals surface area contributed by atoms with E-state index in [2.05, 4.69) is 5.10 Å². The van der Waals surface area contributed by atoms with Gasteiger partial charge in [0.25, 0.3) is 0 Å². The Morgan fingerprint density at radius 3 is 2.60 bits per heavy atom. The van der Waals surface area contributed by atoms with Gasteiger partial charge < -0.3 is 0 Å². The van der Waals surface area contributed by atoms with Crippen LogP contribution in [0.2, 0.25) is 0 Å². The zero-order valence-corrected chi connectivity index (χ0v) is 10.8. The summed E-state index contributed by atoms with van der Waals surface area (Å²) < 4.78 is 28.0. The van der Waals surface area contributed by atoms with Gasteiger partial charge in [0.15, 0.2) is 5.82 Å².